The van der Waals surface area contributed by atoms with Crippen LogP contribution in [0.3, 0.4) is 0 Å². The smallest absolute Gasteiger partial charge is 0.303 e. The van der Waals surface area contributed by atoms with Crippen molar-refractivity contribution in [3.05, 3.63) is 0 Å². The second kappa shape index (κ2) is 5.44. The predicted octanol–water partition coefficient (Wildman–Crippen LogP) is -1.05. The number of carbonyl (C=O) groups is 2. The minimum atomic E-state index is -1.45. The molecule has 0 aliphatic carbocycles. The zero-order valence-corrected chi connectivity index (χ0v) is 9.82. The van der Waals surface area contributed by atoms with Crippen molar-refractivity contribution in [1.29, 1.82) is 0 Å². The van der Waals surface area contributed by atoms with Gasteiger partial charge in [-0.1, -0.05) is 0 Å². The molecule has 5 atom stereocenters. The first-order valence-corrected chi connectivity index (χ1v) is 5.19. The second-order valence-electron chi connectivity index (χ2n) is 3.87. The molecule has 0 aromatic carbocycles. The number of carbonyl (C=O) groups excluding carboxylic acids is 2. The molecule has 0 aromatic heterocycles. The Balaban J connectivity index is 2.78. The van der Waals surface area contributed by atoms with Crippen LogP contribution in [0.25, 0.3) is 0 Å². The van der Waals surface area contributed by atoms with Gasteiger partial charge < -0.3 is 24.4 Å². The maximum Gasteiger partial charge on any atom is 0.303 e. The summed E-state index contributed by atoms with van der Waals surface area (Å²) in [6.45, 7) is 3.85. The molecule has 7 nitrogen and oxygen atoms in total. The summed E-state index contributed by atoms with van der Waals surface area (Å²) in [5, 5.41) is 19.4. The lowest BCUT2D eigenvalue weighted by Gasteiger charge is -2.40. The summed E-state index contributed by atoms with van der Waals surface area (Å²) in [4.78, 5) is 21.7. The molecular formula is C10H16O7. The topological polar surface area (TPSA) is 102 Å². The highest BCUT2D eigenvalue weighted by Crippen LogP contribution is 2.24. The monoisotopic (exact) mass is 248 g/mol. The molecule has 0 spiro atoms. The van der Waals surface area contributed by atoms with Crippen LogP contribution in [0.2, 0.25) is 0 Å². The van der Waals surface area contributed by atoms with Gasteiger partial charge in [-0.3, -0.25) is 9.59 Å². The van der Waals surface area contributed by atoms with Gasteiger partial charge in [-0.25, -0.2) is 0 Å². The summed E-state index contributed by atoms with van der Waals surface area (Å²) in [6.07, 6.45) is -5.73. The lowest BCUT2D eigenvalue weighted by Crippen LogP contribution is -2.59. The van der Waals surface area contributed by atoms with Crippen molar-refractivity contribution in [3.8, 4) is 0 Å². The van der Waals surface area contributed by atoms with Crippen LogP contribution in [0.15, 0.2) is 0 Å². The minimum Gasteiger partial charge on any atom is -0.457 e. The summed E-state index contributed by atoms with van der Waals surface area (Å²) < 4.78 is 14.6. The van der Waals surface area contributed by atoms with E-state index >= 15 is 0 Å². The fourth-order valence-electron chi connectivity index (χ4n) is 1.68. The number of hydrogen-bond acceptors (Lipinski definition) is 7. The Kier molecular flexibility index (Phi) is 4.44. The fraction of sp³-hybridized carbons (Fsp3) is 0.800. The van der Waals surface area contributed by atoms with Crippen LogP contribution in [-0.2, 0) is 23.8 Å². The fourth-order valence-corrected chi connectivity index (χ4v) is 1.68. The number of aliphatic hydroxyl groups is 2. The predicted molar refractivity (Wildman–Crippen MR) is 53.7 cm³/mol. The van der Waals surface area contributed by atoms with Gasteiger partial charge in [0.25, 0.3) is 0 Å². The van der Waals surface area contributed by atoms with Gasteiger partial charge in [-0.05, 0) is 6.92 Å². The largest absolute Gasteiger partial charge is 0.457 e. The standard InChI is InChI=1S/C10H16O7/c1-4-8(16-5(2)11)7(13)9(10(14)15-4)17-6(3)12/h4,7-10,13-14H,1-3H3/t4-,7-,8-,9+,10?/m0/s1. The minimum absolute atomic E-state index is 0.595. The molecule has 0 radical (unpaired) electrons. The van der Waals surface area contributed by atoms with Gasteiger partial charge in [0.05, 0.1) is 6.10 Å². The van der Waals surface area contributed by atoms with Crippen molar-refractivity contribution in [3.63, 3.8) is 0 Å². The molecule has 1 fully saturated rings. The van der Waals surface area contributed by atoms with E-state index in [4.69, 9.17) is 14.2 Å². The van der Waals surface area contributed by atoms with E-state index in [0.717, 1.165) is 6.92 Å². The van der Waals surface area contributed by atoms with Crippen molar-refractivity contribution in [1.82, 2.24) is 0 Å². The quantitative estimate of drug-likeness (QED) is 0.601. The molecule has 2 N–H and O–H groups in total. The van der Waals surface area contributed by atoms with Crippen LogP contribution in [0, 0.1) is 0 Å². The van der Waals surface area contributed by atoms with E-state index in [2.05, 4.69) is 0 Å². The van der Waals surface area contributed by atoms with Gasteiger partial charge in [0.2, 0.25) is 0 Å². The van der Waals surface area contributed by atoms with Crippen molar-refractivity contribution in [2.24, 2.45) is 0 Å². The molecule has 7 heteroatoms. The average molecular weight is 248 g/mol. The van der Waals surface area contributed by atoms with Gasteiger partial charge in [0.1, 0.15) is 6.10 Å². The van der Waals surface area contributed by atoms with Crippen molar-refractivity contribution in [2.45, 2.75) is 51.5 Å². The number of hydrogen-bond donors (Lipinski definition) is 2. The molecule has 17 heavy (non-hydrogen) atoms. The summed E-state index contributed by atoms with van der Waals surface area (Å²) in [7, 11) is 0. The van der Waals surface area contributed by atoms with Gasteiger partial charge in [0, 0.05) is 13.8 Å². The Morgan fingerprint density at radius 2 is 1.53 bits per heavy atom. The Morgan fingerprint density at radius 1 is 1.06 bits per heavy atom. The summed E-state index contributed by atoms with van der Waals surface area (Å²) in [5.74, 6) is -1.27. The molecule has 1 heterocycles. The van der Waals surface area contributed by atoms with Crippen LogP contribution in [0.5, 0.6) is 0 Å². The number of ether oxygens (including phenoxy) is 3. The Bertz CT molecular complexity index is 275. The molecule has 0 aromatic rings. The number of aliphatic hydroxyl groups excluding tert-OH is 2. The lowest BCUT2D eigenvalue weighted by molar-refractivity contribution is -0.285. The Morgan fingerprint density at radius 3 is 2.00 bits per heavy atom. The third kappa shape index (κ3) is 3.39. The van der Waals surface area contributed by atoms with Crippen LogP contribution in [-0.4, -0.2) is 52.9 Å². The van der Waals surface area contributed by atoms with Gasteiger partial charge in [-0.15, -0.1) is 0 Å². The highest BCUT2D eigenvalue weighted by Gasteiger charge is 2.46. The summed E-state index contributed by atoms with van der Waals surface area (Å²) in [6, 6.07) is 0. The van der Waals surface area contributed by atoms with E-state index < -0.39 is 42.6 Å². The molecule has 0 bridgehead atoms. The maximum atomic E-state index is 10.9. The molecular weight excluding hydrogens is 232 g/mol. The van der Waals surface area contributed by atoms with Gasteiger partial charge >= 0.3 is 11.9 Å². The molecule has 1 aliphatic rings. The second-order valence-corrected chi connectivity index (χ2v) is 3.87. The van der Waals surface area contributed by atoms with Crippen molar-refractivity contribution < 1.29 is 34.0 Å². The first-order chi connectivity index (χ1) is 7.82. The molecule has 98 valence electrons. The first-order valence-electron chi connectivity index (χ1n) is 5.19. The highest BCUT2D eigenvalue weighted by atomic mass is 16.7. The van der Waals surface area contributed by atoms with E-state index in [1.165, 1.54) is 13.8 Å². The normalized spacial score (nSPS) is 37.4. The first kappa shape index (κ1) is 13.9. The lowest BCUT2D eigenvalue weighted by atomic mass is 9.99. The zero-order chi connectivity index (χ0) is 13.2. The average Bonchev–Trinajstić information content (AvgIpc) is 2.18. The molecule has 1 saturated heterocycles. The van der Waals surface area contributed by atoms with Crippen molar-refractivity contribution >= 4 is 11.9 Å². The van der Waals surface area contributed by atoms with Crippen LogP contribution in [0.1, 0.15) is 20.8 Å². The third-order valence-electron chi connectivity index (χ3n) is 2.38. The van der Waals surface area contributed by atoms with E-state index in [-0.39, 0.29) is 0 Å². The number of rotatable bonds is 2. The van der Waals surface area contributed by atoms with Crippen molar-refractivity contribution in [2.75, 3.05) is 0 Å². The van der Waals surface area contributed by atoms with E-state index in [9.17, 15) is 19.8 Å². The van der Waals surface area contributed by atoms with Crippen LogP contribution < -0.4 is 0 Å². The molecule has 1 rings (SSSR count). The van der Waals surface area contributed by atoms with Crippen LogP contribution >= 0.6 is 0 Å². The molecule has 0 amide bonds. The van der Waals surface area contributed by atoms with E-state index in [1.54, 1.807) is 0 Å². The Labute approximate surface area is 98.3 Å². The van der Waals surface area contributed by atoms with E-state index in [0.29, 0.717) is 0 Å². The van der Waals surface area contributed by atoms with Gasteiger partial charge in [0.15, 0.2) is 18.5 Å². The molecule has 0 saturated carbocycles. The molecule has 1 aliphatic heterocycles. The SMILES string of the molecule is CC(=O)O[C@@H]1[C@H](O)[C@@H](OC(C)=O)C(O)O[C@H]1C. The van der Waals surface area contributed by atoms with Gasteiger partial charge in [-0.2, -0.15) is 0 Å². The zero-order valence-electron chi connectivity index (χ0n) is 9.82. The van der Waals surface area contributed by atoms with Crippen LogP contribution in [0.4, 0.5) is 0 Å². The van der Waals surface area contributed by atoms with E-state index in [1.807, 2.05) is 0 Å². The molecule has 1 unspecified atom stereocenters. The summed E-state index contributed by atoms with van der Waals surface area (Å²) in [5.41, 5.74) is 0. The summed E-state index contributed by atoms with van der Waals surface area (Å²) >= 11 is 0. The Hall–Kier alpha value is -1.18. The number of esters is 2. The highest BCUT2D eigenvalue weighted by molar-refractivity contribution is 5.67. The maximum absolute atomic E-state index is 10.9. The third-order valence-corrected chi connectivity index (χ3v) is 2.38.